The molecule has 1 aromatic heterocycles. The van der Waals surface area contributed by atoms with Gasteiger partial charge in [-0.15, -0.1) is 5.10 Å². The Morgan fingerprint density at radius 1 is 1.14 bits per heavy atom. The van der Waals surface area contributed by atoms with E-state index in [0.29, 0.717) is 43.7 Å². The van der Waals surface area contributed by atoms with Crippen LogP contribution in [0.4, 0.5) is 10.5 Å². The van der Waals surface area contributed by atoms with E-state index in [4.69, 9.17) is 23.1 Å². The van der Waals surface area contributed by atoms with E-state index in [-0.39, 0.29) is 31.2 Å². The number of amides is 2. The fourth-order valence-electron chi connectivity index (χ4n) is 7.35. The summed E-state index contributed by atoms with van der Waals surface area (Å²) in [4.78, 5) is 56.7. The SMILES string of the molecule is [B][C@@H]1CC(=O)[C@@H](C)C(=O)O[C@H](CC)[C@@]2(C)OC(=O)N(CCCCn3cc(-c4cccc(N)c4)nn3)[C@@H]2[C@@H](C)N(C(C)=O)C[C@H](C)C[C@]1(C)O. The minimum absolute atomic E-state index is 0.205. The van der Waals surface area contributed by atoms with Crippen LogP contribution in [0.1, 0.15) is 80.6 Å². The smallest absolute Gasteiger partial charge is 0.410 e. The summed E-state index contributed by atoms with van der Waals surface area (Å²) in [6.45, 7) is 12.9. The van der Waals surface area contributed by atoms with Gasteiger partial charge in [0.25, 0.3) is 0 Å². The highest BCUT2D eigenvalue weighted by Gasteiger charge is 2.59. The highest BCUT2D eigenvalue weighted by atomic mass is 16.6. The van der Waals surface area contributed by atoms with Crippen LogP contribution in [0.3, 0.4) is 0 Å². The molecule has 2 aliphatic rings. The second-order valence-corrected chi connectivity index (χ2v) is 14.3. The molecule has 2 fully saturated rings. The number of anilines is 1. The van der Waals surface area contributed by atoms with Crippen LogP contribution in [0.5, 0.6) is 0 Å². The molecule has 0 saturated carbocycles. The number of aliphatic hydroxyl groups is 1. The highest BCUT2D eigenvalue weighted by molar-refractivity contribution is 6.15. The van der Waals surface area contributed by atoms with Gasteiger partial charge < -0.3 is 25.2 Å². The number of hydrogen-bond acceptors (Lipinski definition) is 10. The molecule has 2 aliphatic heterocycles. The first kappa shape index (κ1) is 37.9. The Bertz CT molecular complexity index is 1520. The lowest BCUT2D eigenvalue weighted by Gasteiger charge is -2.44. The zero-order chi connectivity index (χ0) is 36.3. The van der Waals surface area contributed by atoms with Gasteiger partial charge in [0.1, 0.15) is 23.5 Å². The molecule has 0 unspecified atom stereocenters. The van der Waals surface area contributed by atoms with Crippen molar-refractivity contribution in [1.82, 2.24) is 24.8 Å². The van der Waals surface area contributed by atoms with Crippen molar-refractivity contribution < 1.29 is 33.8 Å². The van der Waals surface area contributed by atoms with E-state index in [1.165, 1.54) is 13.8 Å². The number of esters is 1. The van der Waals surface area contributed by atoms with Crippen molar-refractivity contribution in [3.63, 3.8) is 0 Å². The molecule has 3 N–H and O–H groups in total. The molecule has 49 heavy (non-hydrogen) atoms. The van der Waals surface area contributed by atoms with Gasteiger partial charge in [-0.1, -0.05) is 31.2 Å². The third kappa shape index (κ3) is 8.45. The molecule has 3 heterocycles. The summed E-state index contributed by atoms with van der Waals surface area (Å²) in [5.74, 6) is -3.72. The van der Waals surface area contributed by atoms with Gasteiger partial charge in [0.2, 0.25) is 5.91 Å². The molecular formula is C35H51BN6O7. The first-order valence-corrected chi connectivity index (χ1v) is 17.2. The number of cyclic esters (lactones) is 1. The second-order valence-electron chi connectivity index (χ2n) is 14.3. The van der Waals surface area contributed by atoms with Crippen LogP contribution >= 0.6 is 0 Å². The largest absolute Gasteiger partial charge is 0.458 e. The standard InChI is InChI=1S/C35H51BN6O7/c1-8-30-35(7)31(41(33(46)49-35)15-10-9-14-40-20-27(38-39-40)25-12-11-13-26(37)16-25)23(4)42(24(5)43)19-21(2)18-34(6,47)29(36)17-28(44)22(3)32(45)48-30/h11-13,16,20-23,29-31,47H,8-10,14-15,17-19,37H2,1-7H3/t21-,22-,23-,29-,30-,31-,34+,35-/m1/s1. The van der Waals surface area contributed by atoms with Crippen molar-refractivity contribution in [1.29, 1.82) is 0 Å². The van der Waals surface area contributed by atoms with Gasteiger partial charge in [-0.05, 0) is 77.2 Å². The summed E-state index contributed by atoms with van der Waals surface area (Å²) in [7, 11) is 6.31. The Balaban J connectivity index is 1.60. The number of ketones is 1. The lowest BCUT2D eigenvalue weighted by Crippen LogP contribution is -2.62. The molecule has 2 radical (unpaired) electrons. The number of fused-ring (bicyclic) bond motifs is 1. The van der Waals surface area contributed by atoms with Gasteiger partial charge in [-0.25, -0.2) is 4.79 Å². The highest BCUT2D eigenvalue weighted by Crippen LogP contribution is 2.40. The van der Waals surface area contributed by atoms with E-state index in [1.54, 1.807) is 34.4 Å². The van der Waals surface area contributed by atoms with Gasteiger partial charge in [-0.2, -0.15) is 0 Å². The van der Waals surface area contributed by atoms with E-state index in [1.807, 2.05) is 45.2 Å². The number of nitrogens with two attached hydrogens (primary N) is 1. The van der Waals surface area contributed by atoms with Gasteiger partial charge in [0.05, 0.1) is 31.7 Å². The average Bonchev–Trinajstić information content (AvgIpc) is 3.60. The molecule has 2 aromatic rings. The molecule has 0 spiro atoms. The van der Waals surface area contributed by atoms with Crippen molar-refractivity contribution in [2.75, 3.05) is 18.8 Å². The van der Waals surface area contributed by atoms with Gasteiger partial charge in [0.15, 0.2) is 5.60 Å². The van der Waals surface area contributed by atoms with Crippen molar-refractivity contribution in [2.45, 2.75) is 122 Å². The third-order valence-electron chi connectivity index (χ3n) is 10.2. The number of carbonyl (C=O) groups is 4. The van der Waals surface area contributed by atoms with Gasteiger partial charge in [-0.3, -0.25) is 24.0 Å². The second kappa shape index (κ2) is 15.3. The Morgan fingerprint density at radius 2 is 1.84 bits per heavy atom. The monoisotopic (exact) mass is 678 g/mol. The van der Waals surface area contributed by atoms with Crippen molar-refractivity contribution in [3.8, 4) is 11.3 Å². The molecule has 2 amide bonds. The number of benzene rings is 1. The summed E-state index contributed by atoms with van der Waals surface area (Å²) in [6, 6.07) is 6.15. The van der Waals surface area contributed by atoms with E-state index in [2.05, 4.69) is 10.3 Å². The molecule has 1 aromatic carbocycles. The van der Waals surface area contributed by atoms with E-state index >= 15 is 0 Å². The number of rotatable bonds is 7. The van der Waals surface area contributed by atoms with Crippen LogP contribution in [-0.2, 0) is 30.4 Å². The molecule has 0 aliphatic carbocycles. The summed E-state index contributed by atoms with van der Waals surface area (Å²) in [5, 5.41) is 19.8. The number of aryl methyl sites for hydroxylation is 1. The summed E-state index contributed by atoms with van der Waals surface area (Å²) >= 11 is 0. The van der Waals surface area contributed by atoms with Crippen molar-refractivity contribution >= 4 is 37.3 Å². The summed E-state index contributed by atoms with van der Waals surface area (Å²) < 4.78 is 13.8. The molecule has 4 rings (SSSR count). The Morgan fingerprint density at radius 3 is 2.49 bits per heavy atom. The van der Waals surface area contributed by atoms with Crippen LogP contribution in [0.2, 0.25) is 5.82 Å². The number of Topliss-reactive ketones (excluding diaryl/α,β-unsaturated/α-hetero) is 1. The Hall–Kier alpha value is -3.94. The van der Waals surface area contributed by atoms with Gasteiger partial charge >= 0.3 is 12.1 Å². The molecule has 0 bridgehead atoms. The summed E-state index contributed by atoms with van der Waals surface area (Å²) in [5.41, 5.74) is 5.33. The van der Waals surface area contributed by atoms with Crippen LogP contribution in [0.25, 0.3) is 11.3 Å². The molecule has 8 atom stereocenters. The Kier molecular flexibility index (Phi) is 11.8. The molecule has 266 valence electrons. The minimum atomic E-state index is -1.44. The van der Waals surface area contributed by atoms with Crippen LogP contribution in [-0.4, -0.2) is 104 Å². The maximum Gasteiger partial charge on any atom is 0.410 e. The van der Waals surface area contributed by atoms with E-state index in [9.17, 15) is 24.3 Å². The average molecular weight is 679 g/mol. The maximum atomic E-state index is 13.7. The maximum absolute atomic E-state index is 13.7. The molecular weight excluding hydrogens is 627 g/mol. The zero-order valence-electron chi connectivity index (χ0n) is 29.8. The van der Waals surface area contributed by atoms with Crippen molar-refractivity contribution in [2.24, 2.45) is 11.8 Å². The molecule has 2 saturated heterocycles. The van der Waals surface area contributed by atoms with Crippen molar-refractivity contribution in [3.05, 3.63) is 30.5 Å². The third-order valence-corrected chi connectivity index (χ3v) is 10.2. The fourth-order valence-corrected chi connectivity index (χ4v) is 7.35. The quantitative estimate of drug-likeness (QED) is 0.144. The summed E-state index contributed by atoms with van der Waals surface area (Å²) in [6.07, 6.45) is 1.88. The predicted octanol–water partition coefficient (Wildman–Crippen LogP) is 3.79. The molecule has 13 nitrogen and oxygen atoms in total. The van der Waals surface area contributed by atoms with E-state index < -0.39 is 59.0 Å². The minimum Gasteiger partial charge on any atom is -0.458 e. The number of unbranched alkanes of at least 4 members (excludes halogenated alkanes) is 1. The Labute approximate surface area is 290 Å². The number of carbonyl (C=O) groups excluding carboxylic acids is 4. The topological polar surface area (TPSA) is 170 Å². The lowest BCUT2D eigenvalue weighted by molar-refractivity contribution is -0.171. The van der Waals surface area contributed by atoms with Crippen LogP contribution < -0.4 is 5.73 Å². The van der Waals surface area contributed by atoms with E-state index in [0.717, 1.165) is 5.56 Å². The number of nitrogen functional groups attached to an aromatic ring is 1. The first-order chi connectivity index (χ1) is 23.0. The number of ether oxygens (including phenoxy) is 2. The number of hydrogen-bond donors (Lipinski definition) is 2. The van der Waals surface area contributed by atoms with Gasteiger partial charge in [0, 0.05) is 44.2 Å². The first-order valence-electron chi connectivity index (χ1n) is 17.2. The fraction of sp³-hybridized carbons (Fsp3) is 0.657. The zero-order valence-corrected chi connectivity index (χ0v) is 29.8. The van der Waals surface area contributed by atoms with Crippen LogP contribution in [0, 0.1) is 11.8 Å². The normalized spacial score (nSPS) is 31.8. The number of aromatic nitrogens is 3. The lowest BCUT2D eigenvalue weighted by atomic mass is 9.67. The molecule has 14 heteroatoms. The predicted molar refractivity (Wildman–Crippen MR) is 184 cm³/mol. The number of nitrogens with zero attached hydrogens (tertiary/aromatic N) is 5. The van der Waals surface area contributed by atoms with Crippen LogP contribution in [0.15, 0.2) is 30.5 Å².